The zero-order chi connectivity index (χ0) is 15.7. The van der Waals surface area contributed by atoms with Crippen molar-refractivity contribution < 1.29 is 14.7 Å². The van der Waals surface area contributed by atoms with Gasteiger partial charge in [-0.25, -0.2) is 9.59 Å². The average molecular weight is 292 g/mol. The summed E-state index contributed by atoms with van der Waals surface area (Å²) in [6.45, 7) is 5.35. The van der Waals surface area contributed by atoms with E-state index in [0.29, 0.717) is 19.0 Å². The number of carbonyl (C=O) groups is 2. The Kier molecular flexibility index (Phi) is 7.29. The van der Waals surface area contributed by atoms with E-state index in [1.807, 2.05) is 0 Å². The molecule has 5 nitrogen and oxygen atoms in total. The maximum absolute atomic E-state index is 11.6. The highest BCUT2D eigenvalue weighted by Crippen LogP contribution is 2.06. The van der Waals surface area contributed by atoms with Gasteiger partial charge in [0.05, 0.1) is 5.56 Å². The number of hydrogen-bond donors (Lipinski definition) is 3. The van der Waals surface area contributed by atoms with Gasteiger partial charge in [-0.1, -0.05) is 38.8 Å². The first kappa shape index (κ1) is 17.0. The molecule has 3 N–H and O–H groups in total. The molecule has 5 heteroatoms. The van der Waals surface area contributed by atoms with Crippen molar-refractivity contribution in [3.8, 4) is 0 Å². The molecule has 0 atom stereocenters. The third-order valence-corrected chi connectivity index (χ3v) is 3.12. The van der Waals surface area contributed by atoms with Gasteiger partial charge in [0.15, 0.2) is 0 Å². The Morgan fingerprint density at radius 3 is 2.62 bits per heavy atom. The molecule has 0 aromatic heterocycles. The van der Waals surface area contributed by atoms with Crippen LogP contribution < -0.4 is 10.6 Å². The second-order valence-electron chi connectivity index (χ2n) is 5.50. The van der Waals surface area contributed by atoms with Gasteiger partial charge in [-0.15, -0.1) is 0 Å². The summed E-state index contributed by atoms with van der Waals surface area (Å²) in [6.07, 6.45) is 3.25. The predicted molar refractivity (Wildman–Crippen MR) is 82.3 cm³/mol. The van der Waals surface area contributed by atoms with Crippen molar-refractivity contribution in [3.05, 3.63) is 35.4 Å². The number of rotatable bonds is 8. The fraction of sp³-hybridized carbons (Fsp3) is 0.500. The summed E-state index contributed by atoms with van der Waals surface area (Å²) in [5.74, 6) is -0.271. The van der Waals surface area contributed by atoms with Crippen LogP contribution in [0.3, 0.4) is 0 Å². The van der Waals surface area contributed by atoms with Gasteiger partial charge in [0.25, 0.3) is 0 Å². The lowest BCUT2D eigenvalue weighted by molar-refractivity contribution is 0.0696. The standard InChI is InChI=1S/C16H24N2O3/c1-12(2)6-3-4-9-17-16(21)18-11-13-7-5-8-14(10-13)15(19)20/h5,7-8,10,12H,3-4,6,9,11H2,1-2H3,(H,19,20)(H2,17,18,21). The summed E-state index contributed by atoms with van der Waals surface area (Å²) >= 11 is 0. The van der Waals surface area contributed by atoms with Gasteiger partial charge in [0, 0.05) is 13.1 Å². The minimum atomic E-state index is -0.966. The second-order valence-corrected chi connectivity index (χ2v) is 5.50. The van der Waals surface area contributed by atoms with Crippen LogP contribution in [0.5, 0.6) is 0 Å². The van der Waals surface area contributed by atoms with E-state index in [1.54, 1.807) is 18.2 Å². The van der Waals surface area contributed by atoms with E-state index in [2.05, 4.69) is 24.5 Å². The van der Waals surface area contributed by atoms with Crippen molar-refractivity contribution >= 4 is 12.0 Å². The van der Waals surface area contributed by atoms with Gasteiger partial charge in [-0.05, 0) is 30.0 Å². The van der Waals surface area contributed by atoms with Crippen molar-refractivity contribution in [2.45, 2.75) is 39.7 Å². The van der Waals surface area contributed by atoms with Crippen molar-refractivity contribution in [1.82, 2.24) is 10.6 Å². The molecule has 0 fully saturated rings. The molecular weight excluding hydrogens is 268 g/mol. The lowest BCUT2D eigenvalue weighted by atomic mass is 10.1. The van der Waals surface area contributed by atoms with E-state index in [1.165, 1.54) is 12.5 Å². The van der Waals surface area contributed by atoms with Crippen molar-refractivity contribution in [3.63, 3.8) is 0 Å². The third-order valence-electron chi connectivity index (χ3n) is 3.12. The number of carboxylic acids is 1. The Balaban J connectivity index is 2.24. The average Bonchev–Trinajstić information content (AvgIpc) is 2.44. The molecule has 0 aliphatic heterocycles. The Hall–Kier alpha value is -2.04. The van der Waals surface area contributed by atoms with Gasteiger partial charge >= 0.3 is 12.0 Å². The van der Waals surface area contributed by atoms with Crippen LogP contribution >= 0.6 is 0 Å². The summed E-state index contributed by atoms with van der Waals surface area (Å²) < 4.78 is 0. The first-order valence-corrected chi connectivity index (χ1v) is 7.33. The fourth-order valence-corrected chi connectivity index (χ4v) is 1.94. The number of aromatic carboxylic acids is 1. The number of carbonyl (C=O) groups excluding carboxylic acids is 1. The number of carboxylic acid groups (broad SMARTS) is 1. The molecule has 0 radical (unpaired) electrons. The van der Waals surface area contributed by atoms with Gasteiger partial charge in [-0.3, -0.25) is 0 Å². The largest absolute Gasteiger partial charge is 0.478 e. The molecule has 1 aromatic carbocycles. The van der Waals surface area contributed by atoms with Gasteiger partial charge in [-0.2, -0.15) is 0 Å². The normalized spacial score (nSPS) is 10.4. The number of hydrogen-bond acceptors (Lipinski definition) is 2. The van der Waals surface area contributed by atoms with Crippen LogP contribution in [0.4, 0.5) is 4.79 Å². The van der Waals surface area contributed by atoms with Crippen LogP contribution in [0.1, 0.15) is 49.0 Å². The minimum Gasteiger partial charge on any atom is -0.478 e. The lowest BCUT2D eigenvalue weighted by Crippen LogP contribution is -2.35. The molecule has 0 saturated heterocycles. The highest BCUT2D eigenvalue weighted by atomic mass is 16.4. The van der Waals surface area contributed by atoms with Crippen molar-refractivity contribution in [2.24, 2.45) is 5.92 Å². The summed E-state index contributed by atoms with van der Waals surface area (Å²) in [5, 5.41) is 14.4. The van der Waals surface area contributed by atoms with E-state index in [9.17, 15) is 9.59 Å². The molecule has 0 spiro atoms. The molecule has 1 rings (SSSR count). The summed E-state index contributed by atoms with van der Waals surface area (Å²) in [6, 6.07) is 6.33. The number of nitrogens with one attached hydrogen (secondary N) is 2. The smallest absolute Gasteiger partial charge is 0.335 e. The molecule has 0 bridgehead atoms. The second kappa shape index (κ2) is 9.00. The van der Waals surface area contributed by atoms with Crippen LogP contribution in [-0.4, -0.2) is 23.7 Å². The first-order valence-electron chi connectivity index (χ1n) is 7.33. The lowest BCUT2D eigenvalue weighted by Gasteiger charge is -2.09. The highest BCUT2D eigenvalue weighted by molar-refractivity contribution is 5.87. The van der Waals surface area contributed by atoms with Crippen LogP contribution in [-0.2, 0) is 6.54 Å². The maximum Gasteiger partial charge on any atom is 0.335 e. The van der Waals surface area contributed by atoms with Crippen molar-refractivity contribution in [1.29, 1.82) is 0 Å². The molecule has 1 aromatic rings. The molecule has 0 unspecified atom stereocenters. The fourth-order valence-electron chi connectivity index (χ4n) is 1.94. The summed E-state index contributed by atoms with van der Waals surface area (Å²) in [5.41, 5.74) is 0.994. The number of amides is 2. The Morgan fingerprint density at radius 1 is 1.19 bits per heavy atom. The van der Waals surface area contributed by atoms with E-state index in [-0.39, 0.29) is 11.6 Å². The van der Waals surface area contributed by atoms with Gasteiger partial charge in [0.2, 0.25) is 0 Å². The van der Waals surface area contributed by atoms with Crippen LogP contribution in [0.15, 0.2) is 24.3 Å². The Labute approximate surface area is 125 Å². The van der Waals surface area contributed by atoms with Crippen LogP contribution in [0.2, 0.25) is 0 Å². The summed E-state index contributed by atoms with van der Waals surface area (Å²) in [7, 11) is 0. The van der Waals surface area contributed by atoms with E-state index < -0.39 is 5.97 Å². The molecule has 0 saturated carbocycles. The molecule has 0 aliphatic carbocycles. The Bertz CT molecular complexity index is 472. The quantitative estimate of drug-likeness (QED) is 0.644. The SMILES string of the molecule is CC(C)CCCCNC(=O)NCc1cccc(C(=O)O)c1. The monoisotopic (exact) mass is 292 g/mol. The third kappa shape index (κ3) is 7.34. The molecule has 2 amide bonds. The summed E-state index contributed by atoms with van der Waals surface area (Å²) in [4.78, 5) is 22.4. The molecule has 0 heterocycles. The molecule has 0 aliphatic rings. The predicted octanol–water partition coefficient (Wildman–Crippen LogP) is 3.01. The zero-order valence-electron chi connectivity index (χ0n) is 12.7. The molecule has 116 valence electrons. The maximum atomic E-state index is 11.6. The van der Waals surface area contributed by atoms with Gasteiger partial charge in [0.1, 0.15) is 0 Å². The molecular formula is C16H24N2O3. The van der Waals surface area contributed by atoms with Crippen LogP contribution in [0, 0.1) is 5.92 Å². The van der Waals surface area contributed by atoms with Gasteiger partial charge < -0.3 is 15.7 Å². The topological polar surface area (TPSA) is 78.4 Å². The Morgan fingerprint density at radius 2 is 1.95 bits per heavy atom. The van der Waals surface area contributed by atoms with E-state index in [0.717, 1.165) is 18.4 Å². The minimum absolute atomic E-state index is 0.222. The van der Waals surface area contributed by atoms with E-state index >= 15 is 0 Å². The van der Waals surface area contributed by atoms with E-state index in [4.69, 9.17) is 5.11 Å². The number of urea groups is 1. The number of unbranched alkanes of at least 4 members (excludes halogenated alkanes) is 1. The molecule has 21 heavy (non-hydrogen) atoms. The highest BCUT2D eigenvalue weighted by Gasteiger charge is 2.04. The van der Waals surface area contributed by atoms with Crippen molar-refractivity contribution in [2.75, 3.05) is 6.54 Å². The van der Waals surface area contributed by atoms with Crippen LogP contribution in [0.25, 0.3) is 0 Å². The number of benzene rings is 1. The first-order chi connectivity index (χ1) is 9.99. The zero-order valence-corrected chi connectivity index (χ0v) is 12.7.